The van der Waals surface area contributed by atoms with E-state index in [-0.39, 0.29) is 5.56 Å². The van der Waals surface area contributed by atoms with Gasteiger partial charge in [0.25, 0.3) is 5.56 Å². The topological polar surface area (TPSA) is 63.4 Å². The second-order valence-corrected chi connectivity index (χ2v) is 6.42. The summed E-state index contributed by atoms with van der Waals surface area (Å²) in [6.45, 7) is 1.73. The molecule has 0 amide bonds. The molecule has 23 heavy (non-hydrogen) atoms. The number of rotatable bonds is 3. The van der Waals surface area contributed by atoms with Gasteiger partial charge < -0.3 is 19.8 Å². The quantitative estimate of drug-likeness (QED) is 0.914. The number of benzene rings is 1. The van der Waals surface area contributed by atoms with Crippen LogP contribution in [0.5, 0.6) is 11.5 Å². The average Bonchev–Trinajstić information content (AvgIpc) is 2.59. The highest BCUT2D eigenvalue weighted by Crippen LogP contribution is 2.33. The van der Waals surface area contributed by atoms with Crippen molar-refractivity contribution in [2.75, 3.05) is 13.2 Å². The predicted molar refractivity (Wildman–Crippen MR) is 89.3 cm³/mol. The van der Waals surface area contributed by atoms with E-state index in [1.165, 1.54) is 32.1 Å². The highest BCUT2D eigenvalue weighted by atomic mass is 16.6. The fourth-order valence-electron chi connectivity index (χ4n) is 3.48. The first-order chi connectivity index (χ1) is 11.3. The van der Waals surface area contributed by atoms with Crippen molar-refractivity contribution in [3.63, 3.8) is 0 Å². The van der Waals surface area contributed by atoms with Crippen LogP contribution < -0.4 is 20.3 Å². The lowest BCUT2D eigenvalue weighted by Crippen LogP contribution is -2.32. The van der Waals surface area contributed by atoms with Gasteiger partial charge in [-0.2, -0.15) is 0 Å². The second-order valence-electron chi connectivity index (χ2n) is 6.42. The van der Waals surface area contributed by atoms with E-state index < -0.39 is 0 Å². The van der Waals surface area contributed by atoms with Crippen LogP contribution in [0.25, 0.3) is 10.9 Å². The Hall–Kier alpha value is -2.01. The summed E-state index contributed by atoms with van der Waals surface area (Å²) in [7, 11) is 0. The van der Waals surface area contributed by atoms with Crippen LogP contribution in [0.1, 0.15) is 37.7 Å². The normalized spacial score (nSPS) is 18.3. The van der Waals surface area contributed by atoms with Crippen molar-refractivity contribution in [3.05, 3.63) is 34.1 Å². The Morgan fingerprint density at radius 1 is 1.04 bits per heavy atom. The number of pyridine rings is 1. The van der Waals surface area contributed by atoms with Gasteiger partial charge in [0.2, 0.25) is 0 Å². The predicted octanol–water partition coefficient (Wildman–Crippen LogP) is 2.72. The zero-order chi connectivity index (χ0) is 15.6. The fraction of sp³-hybridized carbons (Fsp3) is 0.500. The molecule has 0 saturated heterocycles. The lowest BCUT2D eigenvalue weighted by atomic mass is 9.95. The summed E-state index contributed by atoms with van der Waals surface area (Å²) >= 11 is 0. The molecule has 5 heteroatoms. The minimum absolute atomic E-state index is 0.0301. The SMILES string of the molecule is O=c1[nH]c2cc3c(cc2cc1CNC1CCCCC1)OCCO3. The van der Waals surface area contributed by atoms with Crippen molar-refractivity contribution in [2.45, 2.75) is 44.7 Å². The van der Waals surface area contributed by atoms with Crippen LogP contribution in [0.3, 0.4) is 0 Å². The van der Waals surface area contributed by atoms with Crippen molar-refractivity contribution in [1.82, 2.24) is 10.3 Å². The largest absolute Gasteiger partial charge is 0.486 e. The molecule has 1 aliphatic carbocycles. The van der Waals surface area contributed by atoms with Gasteiger partial charge in [0, 0.05) is 29.6 Å². The Morgan fingerprint density at radius 3 is 2.57 bits per heavy atom. The summed E-state index contributed by atoms with van der Waals surface area (Å²) in [4.78, 5) is 15.3. The number of fused-ring (bicyclic) bond motifs is 2. The molecule has 0 bridgehead atoms. The third kappa shape index (κ3) is 3.06. The van der Waals surface area contributed by atoms with Gasteiger partial charge in [-0.1, -0.05) is 19.3 Å². The Labute approximate surface area is 135 Å². The molecule has 1 aliphatic heterocycles. The Kier molecular flexibility index (Phi) is 3.95. The third-order valence-corrected chi connectivity index (χ3v) is 4.77. The average molecular weight is 314 g/mol. The van der Waals surface area contributed by atoms with Gasteiger partial charge in [-0.25, -0.2) is 0 Å². The maximum absolute atomic E-state index is 12.3. The van der Waals surface area contributed by atoms with Crippen LogP contribution >= 0.6 is 0 Å². The van der Waals surface area contributed by atoms with Gasteiger partial charge in [-0.15, -0.1) is 0 Å². The molecule has 5 nitrogen and oxygen atoms in total. The van der Waals surface area contributed by atoms with Gasteiger partial charge in [0.1, 0.15) is 13.2 Å². The van der Waals surface area contributed by atoms with E-state index >= 15 is 0 Å². The van der Waals surface area contributed by atoms with Crippen molar-refractivity contribution >= 4 is 10.9 Å². The molecule has 1 aromatic carbocycles. The van der Waals surface area contributed by atoms with E-state index in [0.717, 1.165) is 22.2 Å². The Morgan fingerprint density at radius 2 is 1.78 bits per heavy atom. The second kappa shape index (κ2) is 6.24. The minimum atomic E-state index is -0.0301. The van der Waals surface area contributed by atoms with Crippen LogP contribution in [0, 0.1) is 0 Å². The first-order valence-electron chi connectivity index (χ1n) is 8.48. The molecule has 2 aliphatic rings. The van der Waals surface area contributed by atoms with Gasteiger partial charge in [-0.3, -0.25) is 4.79 Å². The third-order valence-electron chi connectivity index (χ3n) is 4.77. The number of aromatic nitrogens is 1. The first kappa shape index (κ1) is 14.6. The maximum Gasteiger partial charge on any atom is 0.252 e. The van der Waals surface area contributed by atoms with Crippen LogP contribution in [0.2, 0.25) is 0 Å². The molecular weight excluding hydrogens is 292 g/mol. The molecule has 0 radical (unpaired) electrons. The smallest absolute Gasteiger partial charge is 0.252 e. The summed E-state index contributed by atoms with van der Waals surface area (Å²) < 4.78 is 11.2. The van der Waals surface area contributed by atoms with E-state index in [4.69, 9.17) is 9.47 Å². The summed E-state index contributed by atoms with van der Waals surface area (Å²) in [5, 5.41) is 4.51. The van der Waals surface area contributed by atoms with Crippen molar-refractivity contribution in [2.24, 2.45) is 0 Å². The molecule has 1 saturated carbocycles. The molecule has 0 unspecified atom stereocenters. The van der Waals surface area contributed by atoms with Crippen LogP contribution in [0.4, 0.5) is 0 Å². The molecule has 2 heterocycles. The maximum atomic E-state index is 12.3. The number of nitrogens with one attached hydrogen (secondary N) is 2. The van der Waals surface area contributed by atoms with Crippen molar-refractivity contribution in [1.29, 1.82) is 0 Å². The van der Waals surface area contributed by atoms with E-state index in [1.807, 2.05) is 18.2 Å². The number of aromatic amines is 1. The number of hydrogen-bond donors (Lipinski definition) is 2. The number of hydrogen-bond acceptors (Lipinski definition) is 4. The van der Waals surface area contributed by atoms with Gasteiger partial charge >= 0.3 is 0 Å². The molecule has 1 fully saturated rings. The van der Waals surface area contributed by atoms with Crippen molar-refractivity contribution < 1.29 is 9.47 Å². The standard InChI is InChI=1S/C18H22N2O3/c21-18-13(11-19-14-4-2-1-3-5-14)8-12-9-16-17(10-15(12)20-18)23-7-6-22-16/h8-10,14,19H,1-7,11H2,(H,20,21). The monoisotopic (exact) mass is 314 g/mol. The van der Waals surface area contributed by atoms with Crippen LogP contribution in [-0.4, -0.2) is 24.2 Å². The van der Waals surface area contributed by atoms with E-state index in [0.29, 0.717) is 31.5 Å². The van der Waals surface area contributed by atoms with Gasteiger partial charge in [0.05, 0.1) is 5.52 Å². The zero-order valence-corrected chi connectivity index (χ0v) is 13.2. The molecule has 2 N–H and O–H groups in total. The summed E-state index contributed by atoms with van der Waals surface area (Å²) in [6, 6.07) is 6.30. The van der Waals surface area contributed by atoms with Gasteiger partial charge in [0.15, 0.2) is 11.5 Å². The molecule has 122 valence electrons. The Balaban J connectivity index is 1.59. The Bertz CT molecular complexity index is 763. The molecule has 2 aromatic rings. The zero-order valence-electron chi connectivity index (χ0n) is 13.2. The van der Waals surface area contributed by atoms with E-state index in [9.17, 15) is 4.79 Å². The van der Waals surface area contributed by atoms with Crippen molar-refractivity contribution in [3.8, 4) is 11.5 Å². The summed E-state index contributed by atoms with van der Waals surface area (Å²) in [5.41, 5.74) is 1.54. The molecule has 0 atom stereocenters. The first-order valence-corrected chi connectivity index (χ1v) is 8.48. The van der Waals surface area contributed by atoms with Crippen LogP contribution in [-0.2, 0) is 6.54 Å². The lowest BCUT2D eigenvalue weighted by Gasteiger charge is -2.22. The van der Waals surface area contributed by atoms with E-state index in [1.54, 1.807) is 0 Å². The van der Waals surface area contributed by atoms with E-state index in [2.05, 4.69) is 10.3 Å². The highest BCUT2D eigenvalue weighted by Gasteiger charge is 2.16. The van der Waals surface area contributed by atoms with Gasteiger partial charge in [-0.05, 0) is 25.0 Å². The molecule has 0 spiro atoms. The number of H-pyrrole nitrogens is 1. The number of ether oxygens (including phenoxy) is 2. The van der Waals surface area contributed by atoms with Crippen LogP contribution in [0.15, 0.2) is 23.0 Å². The fourth-order valence-corrected chi connectivity index (χ4v) is 3.48. The summed E-state index contributed by atoms with van der Waals surface area (Å²) in [5.74, 6) is 1.45. The summed E-state index contributed by atoms with van der Waals surface area (Å²) in [6.07, 6.45) is 6.33. The highest BCUT2D eigenvalue weighted by molar-refractivity contribution is 5.83. The molecule has 1 aromatic heterocycles. The lowest BCUT2D eigenvalue weighted by molar-refractivity contribution is 0.172. The molecular formula is C18H22N2O3. The molecule has 4 rings (SSSR count). The minimum Gasteiger partial charge on any atom is -0.486 e.